The fraction of sp³-hybridized carbons (Fsp3) is 0.579. The van der Waals surface area contributed by atoms with Crippen LogP contribution in [0.2, 0.25) is 5.28 Å². The molecule has 2 N–H and O–H groups in total. The minimum atomic E-state index is 0.197. The van der Waals surface area contributed by atoms with Gasteiger partial charge in [-0.2, -0.15) is 0 Å². The fourth-order valence-corrected chi connectivity index (χ4v) is 3.63. The van der Waals surface area contributed by atoms with Gasteiger partial charge < -0.3 is 24.8 Å². The summed E-state index contributed by atoms with van der Waals surface area (Å²) in [7, 11) is 3.20. The molecule has 0 spiro atoms. The summed E-state index contributed by atoms with van der Waals surface area (Å²) < 4.78 is 10.7. The zero-order chi connectivity index (χ0) is 19.9. The lowest BCUT2D eigenvalue weighted by atomic mass is 10.2. The third-order valence-corrected chi connectivity index (χ3v) is 5.17. The number of nitrogens with one attached hydrogen (secondary N) is 1. The lowest BCUT2D eigenvalue weighted by molar-refractivity contribution is 0.112. The molecule has 1 fully saturated rings. The Morgan fingerprint density at radius 2 is 1.68 bits per heavy atom. The zero-order valence-electron chi connectivity index (χ0n) is 16.4. The van der Waals surface area contributed by atoms with E-state index in [0.717, 1.165) is 57.6 Å². The third kappa shape index (κ3) is 5.14. The molecule has 0 saturated carbocycles. The molecule has 1 aromatic carbocycles. The SMILES string of the molecule is COc1cc2nc(Cl)nc(NCCCN3CCN(CCO)CC3)c2cc1OC. The highest BCUT2D eigenvalue weighted by Gasteiger charge is 2.16. The maximum Gasteiger partial charge on any atom is 0.224 e. The summed E-state index contributed by atoms with van der Waals surface area (Å²) in [5.41, 5.74) is 0.708. The van der Waals surface area contributed by atoms with Crippen LogP contribution in [0.4, 0.5) is 5.82 Å². The van der Waals surface area contributed by atoms with E-state index in [1.54, 1.807) is 20.3 Å². The van der Waals surface area contributed by atoms with Crippen LogP contribution < -0.4 is 14.8 Å². The van der Waals surface area contributed by atoms with Crippen molar-refractivity contribution in [1.29, 1.82) is 0 Å². The molecule has 1 aliphatic heterocycles. The summed E-state index contributed by atoms with van der Waals surface area (Å²) in [6, 6.07) is 3.67. The van der Waals surface area contributed by atoms with Crippen molar-refractivity contribution < 1.29 is 14.6 Å². The van der Waals surface area contributed by atoms with Crippen LogP contribution >= 0.6 is 11.6 Å². The summed E-state index contributed by atoms with van der Waals surface area (Å²) in [6.45, 7) is 6.92. The van der Waals surface area contributed by atoms with E-state index >= 15 is 0 Å². The number of piperazine rings is 1. The first-order valence-electron chi connectivity index (χ1n) is 9.53. The second-order valence-corrected chi connectivity index (χ2v) is 7.09. The number of hydrogen-bond acceptors (Lipinski definition) is 8. The molecular weight excluding hydrogens is 382 g/mol. The highest BCUT2D eigenvalue weighted by molar-refractivity contribution is 6.28. The van der Waals surface area contributed by atoms with Gasteiger partial charge in [0.15, 0.2) is 11.5 Å². The van der Waals surface area contributed by atoms with E-state index in [0.29, 0.717) is 22.8 Å². The number of β-amino-alcohol motifs (C(OH)–C–C–N with tert-alkyl or cyclic N) is 1. The van der Waals surface area contributed by atoms with Crippen LogP contribution in [0.3, 0.4) is 0 Å². The third-order valence-electron chi connectivity index (χ3n) is 5.00. The summed E-state index contributed by atoms with van der Waals surface area (Å²) in [5.74, 6) is 1.93. The van der Waals surface area contributed by atoms with Gasteiger partial charge in [0, 0.05) is 50.7 Å². The largest absolute Gasteiger partial charge is 0.493 e. The van der Waals surface area contributed by atoms with Crippen molar-refractivity contribution in [3.63, 3.8) is 0 Å². The predicted molar refractivity (Wildman–Crippen MR) is 111 cm³/mol. The van der Waals surface area contributed by atoms with Crippen LogP contribution in [0.5, 0.6) is 11.5 Å². The monoisotopic (exact) mass is 409 g/mol. The average molecular weight is 410 g/mol. The molecule has 0 radical (unpaired) electrons. The fourth-order valence-electron chi connectivity index (χ4n) is 3.45. The topological polar surface area (TPSA) is 83.0 Å². The molecule has 0 bridgehead atoms. The number of fused-ring (bicyclic) bond motifs is 1. The summed E-state index contributed by atoms with van der Waals surface area (Å²) in [4.78, 5) is 13.4. The van der Waals surface area contributed by atoms with Gasteiger partial charge in [0.05, 0.1) is 26.3 Å². The zero-order valence-corrected chi connectivity index (χ0v) is 17.2. The number of rotatable bonds is 9. The van der Waals surface area contributed by atoms with Gasteiger partial charge in [-0.15, -0.1) is 0 Å². The standard InChI is InChI=1S/C19H28ClN5O3/c1-27-16-12-14-15(13-17(16)28-2)22-19(20)23-18(14)21-4-3-5-24-6-8-25(9-7-24)10-11-26/h12-13,26H,3-11H2,1-2H3,(H,21,22,23). The highest BCUT2D eigenvalue weighted by atomic mass is 35.5. The van der Waals surface area contributed by atoms with Crippen molar-refractivity contribution in [3.05, 3.63) is 17.4 Å². The number of benzene rings is 1. The van der Waals surface area contributed by atoms with Gasteiger partial charge in [-0.05, 0) is 30.6 Å². The van der Waals surface area contributed by atoms with Gasteiger partial charge in [-0.3, -0.25) is 4.90 Å². The maximum absolute atomic E-state index is 9.02. The number of halogens is 1. The van der Waals surface area contributed by atoms with Crippen LogP contribution in [0, 0.1) is 0 Å². The van der Waals surface area contributed by atoms with Gasteiger partial charge in [-0.25, -0.2) is 9.97 Å². The Morgan fingerprint density at radius 3 is 2.32 bits per heavy atom. The number of hydrogen-bond donors (Lipinski definition) is 2. The number of methoxy groups -OCH3 is 2. The lowest BCUT2D eigenvalue weighted by Crippen LogP contribution is -2.47. The number of ether oxygens (including phenoxy) is 2. The first-order valence-corrected chi connectivity index (χ1v) is 9.91. The second kappa shape index (κ2) is 10.1. The molecule has 0 amide bonds. The molecule has 28 heavy (non-hydrogen) atoms. The van der Waals surface area contributed by atoms with E-state index in [1.165, 1.54) is 0 Å². The highest BCUT2D eigenvalue weighted by Crippen LogP contribution is 2.34. The molecular formula is C19H28ClN5O3. The number of aromatic nitrogens is 2. The number of aliphatic hydroxyl groups excluding tert-OH is 1. The van der Waals surface area contributed by atoms with Crippen molar-refractivity contribution >= 4 is 28.3 Å². The van der Waals surface area contributed by atoms with Gasteiger partial charge in [-0.1, -0.05) is 0 Å². The maximum atomic E-state index is 9.02. The number of aliphatic hydroxyl groups is 1. The first kappa shape index (κ1) is 20.9. The Labute approximate surface area is 170 Å². The van der Waals surface area contributed by atoms with Crippen molar-refractivity contribution in [3.8, 4) is 11.5 Å². The molecule has 154 valence electrons. The minimum absolute atomic E-state index is 0.197. The van der Waals surface area contributed by atoms with Gasteiger partial charge in [0.25, 0.3) is 0 Å². The molecule has 2 aromatic rings. The van der Waals surface area contributed by atoms with Crippen LogP contribution in [0.15, 0.2) is 12.1 Å². The van der Waals surface area contributed by atoms with E-state index in [2.05, 4.69) is 25.1 Å². The van der Waals surface area contributed by atoms with Crippen LogP contribution in [-0.2, 0) is 0 Å². The Bertz CT molecular complexity index is 784. The van der Waals surface area contributed by atoms with E-state index in [-0.39, 0.29) is 11.9 Å². The molecule has 0 atom stereocenters. The molecule has 2 heterocycles. The van der Waals surface area contributed by atoms with E-state index < -0.39 is 0 Å². The molecule has 9 heteroatoms. The molecule has 0 unspecified atom stereocenters. The minimum Gasteiger partial charge on any atom is -0.493 e. The molecule has 0 aliphatic carbocycles. The Hall–Kier alpha value is -1.87. The van der Waals surface area contributed by atoms with E-state index in [1.807, 2.05) is 6.07 Å². The molecule has 8 nitrogen and oxygen atoms in total. The quantitative estimate of drug-likeness (QED) is 0.478. The smallest absolute Gasteiger partial charge is 0.224 e. The second-order valence-electron chi connectivity index (χ2n) is 6.75. The van der Waals surface area contributed by atoms with Gasteiger partial charge in [0.2, 0.25) is 5.28 Å². The van der Waals surface area contributed by atoms with Gasteiger partial charge in [0.1, 0.15) is 5.82 Å². The normalized spacial score (nSPS) is 15.7. The molecule has 1 saturated heterocycles. The first-order chi connectivity index (χ1) is 13.6. The summed E-state index contributed by atoms with van der Waals surface area (Å²) in [6.07, 6.45) is 0.996. The van der Waals surface area contributed by atoms with Crippen LogP contribution in [0.25, 0.3) is 10.9 Å². The Morgan fingerprint density at radius 1 is 1.04 bits per heavy atom. The van der Waals surface area contributed by atoms with Crippen molar-refractivity contribution in [2.75, 3.05) is 72.0 Å². The number of anilines is 1. The number of nitrogens with zero attached hydrogens (tertiary/aromatic N) is 4. The Kier molecular flexibility index (Phi) is 7.50. The molecule has 3 rings (SSSR count). The van der Waals surface area contributed by atoms with Crippen molar-refractivity contribution in [2.24, 2.45) is 0 Å². The van der Waals surface area contributed by atoms with Crippen LogP contribution in [-0.4, -0.2) is 91.5 Å². The molecule has 1 aromatic heterocycles. The average Bonchev–Trinajstić information content (AvgIpc) is 2.71. The van der Waals surface area contributed by atoms with E-state index in [4.69, 9.17) is 26.2 Å². The van der Waals surface area contributed by atoms with Crippen molar-refractivity contribution in [2.45, 2.75) is 6.42 Å². The van der Waals surface area contributed by atoms with Crippen LogP contribution in [0.1, 0.15) is 6.42 Å². The summed E-state index contributed by atoms with van der Waals surface area (Å²) in [5, 5.41) is 13.5. The van der Waals surface area contributed by atoms with Gasteiger partial charge >= 0.3 is 0 Å². The molecule has 1 aliphatic rings. The predicted octanol–water partition coefficient (Wildman–Crippen LogP) is 1.71. The Balaban J connectivity index is 1.58. The summed E-state index contributed by atoms with van der Waals surface area (Å²) >= 11 is 6.10. The van der Waals surface area contributed by atoms with Crippen molar-refractivity contribution in [1.82, 2.24) is 19.8 Å². The van der Waals surface area contributed by atoms with E-state index in [9.17, 15) is 0 Å². The lowest BCUT2D eigenvalue weighted by Gasteiger charge is -2.34.